The Bertz CT molecular complexity index is 889. The summed E-state index contributed by atoms with van der Waals surface area (Å²) in [6, 6.07) is 8.18. The molecule has 156 valence electrons. The van der Waals surface area contributed by atoms with Crippen molar-refractivity contribution in [3.05, 3.63) is 47.4 Å². The molecule has 8 heteroatoms. The molecule has 0 saturated carbocycles. The Morgan fingerprint density at radius 1 is 1.14 bits per heavy atom. The van der Waals surface area contributed by atoms with Crippen molar-refractivity contribution >= 4 is 11.8 Å². The fourth-order valence-electron chi connectivity index (χ4n) is 2.84. The second kappa shape index (κ2) is 10.4. The molecule has 0 unspecified atom stereocenters. The van der Waals surface area contributed by atoms with Gasteiger partial charge in [-0.2, -0.15) is 4.98 Å². The van der Waals surface area contributed by atoms with Crippen LogP contribution >= 0.6 is 11.8 Å². The SMILES string of the molecule is CCCc1nc(CSc2nnc(COc3ccc(CC)cc3)n2CC(C)C)no1. The van der Waals surface area contributed by atoms with Crippen LogP contribution in [0.4, 0.5) is 0 Å². The minimum absolute atomic E-state index is 0.384. The number of thioether (sulfide) groups is 1. The van der Waals surface area contributed by atoms with E-state index >= 15 is 0 Å². The molecule has 0 fully saturated rings. The molecule has 3 aromatic rings. The average Bonchev–Trinajstić information content (AvgIpc) is 3.32. The van der Waals surface area contributed by atoms with E-state index in [2.05, 4.69) is 64.7 Å². The Balaban J connectivity index is 1.66. The molecule has 2 heterocycles. The molecule has 0 amide bonds. The highest BCUT2D eigenvalue weighted by molar-refractivity contribution is 7.98. The van der Waals surface area contributed by atoms with Crippen molar-refractivity contribution in [1.82, 2.24) is 24.9 Å². The summed E-state index contributed by atoms with van der Waals surface area (Å²) in [5.74, 6) is 4.10. The molecule has 2 aromatic heterocycles. The zero-order chi connectivity index (χ0) is 20.6. The second-order valence-corrected chi connectivity index (χ2v) is 8.27. The van der Waals surface area contributed by atoms with Crippen molar-refractivity contribution in [2.45, 2.75) is 71.0 Å². The van der Waals surface area contributed by atoms with E-state index in [1.807, 2.05) is 12.1 Å². The van der Waals surface area contributed by atoms with E-state index in [9.17, 15) is 0 Å². The molecular formula is C21H29N5O2S. The van der Waals surface area contributed by atoms with E-state index in [-0.39, 0.29) is 0 Å². The van der Waals surface area contributed by atoms with Crippen LogP contribution in [0.15, 0.2) is 33.9 Å². The predicted octanol–water partition coefficient (Wildman–Crippen LogP) is 4.70. The van der Waals surface area contributed by atoms with Crippen LogP contribution in [0.5, 0.6) is 5.75 Å². The van der Waals surface area contributed by atoms with E-state index in [1.165, 1.54) is 5.56 Å². The molecule has 1 aromatic carbocycles. The number of hydrogen-bond donors (Lipinski definition) is 0. The first kappa shape index (κ1) is 21.4. The lowest BCUT2D eigenvalue weighted by Crippen LogP contribution is -2.12. The molecule has 0 radical (unpaired) electrons. The van der Waals surface area contributed by atoms with Crippen molar-refractivity contribution in [2.24, 2.45) is 5.92 Å². The monoisotopic (exact) mass is 415 g/mol. The van der Waals surface area contributed by atoms with Gasteiger partial charge in [-0.3, -0.25) is 0 Å². The van der Waals surface area contributed by atoms with Crippen LogP contribution in [-0.2, 0) is 31.7 Å². The third kappa shape index (κ3) is 6.06. The standard InChI is InChI=1S/C21H29N5O2S/c1-5-7-20-22-18(25-28-20)14-29-21-24-23-19(26(21)12-15(3)4)13-27-17-10-8-16(6-2)9-11-17/h8-11,15H,5-7,12-14H2,1-4H3. The van der Waals surface area contributed by atoms with Crippen LogP contribution in [0.3, 0.4) is 0 Å². The van der Waals surface area contributed by atoms with Gasteiger partial charge in [-0.05, 0) is 36.5 Å². The van der Waals surface area contributed by atoms with Crippen molar-refractivity contribution < 1.29 is 9.26 Å². The molecule has 0 atom stereocenters. The molecule has 29 heavy (non-hydrogen) atoms. The highest BCUT2D eigenvalue weighted by Crippen LogP contribution is 2.23. The van der Waals surface area contributed by atoms with Crippen LogP contribution in [0.25, 0.3) is 0 Å². The Labute approximate surface area is 176 Å². The van der Waals surface area contributed by atoms with Gasteiger partial charge in [-0.25, -0.2) is 0 Å². The molecule has 7 nitrogen and oxygen atoms in total. The van der Waals surface area contributed by atoms with Crippen molar-refractivity contribution in [3.63, 3.8) is 0 Å². The molecule has 0 aliphatic rings. The summed E-state index contributed by atoms with van der Waals surface area (Å²) in [5, 5.41) is 13.6. The third-order valence-corrected chi connectivity index (χ3v) is 5.31. The molecule has 0 aliphatic heterocycles. The number of rotatable bonds is 11. The fraction of sp³-hybridized carbons (Fsp3) is 0.524. The smallest absolute Gasteiger partial charge is 0.226 e. The van der Waals surface area contributed by atoms with Crippen LogP contribution in [-0.4, -0.2) is 24.9 Å². The van der Waals surface area contributed by atoms with Gasteiger partial charge in [0.25, 0.3) is 0 Å². The zero-order valence-electron chi connectivity index (χ0n) is 17.6. The molecule has 3 rings (SSSR count). The first-order chi connectivity index (χ1) is 14.1. The average molecular weight is 416 g/mol. The van der Waals surface area contributed by atoms with Gasteiger partial charge in [0.05, 0.1) is 5.75 Å². The highest BCUT2D eigenvalue weighted by Gasteiger charge is 2.16. The van der Waals surface area contributed by atoms with Gasteiger partial charge in [0, 0.05) is 13.0 Å². The number of aryl methyl sites for hydroxylation is 2. The lowest BCUT2D eigenvalue weighted by atomic mass is 10.2. The maximum atomic E-state index is 5.95. The Morgan fingerprint density at radius 2 is 1.93 bits per heavy atom. The fourth-order valence-corrected chi connectivity index (χ4v) is 3.65. The topological polar surface area (TPSA) is 78.9 Å². The third-order valence-electron chi connectivity index (χ3n) is 4.35. The van der Waals surface area contributed by atoms with Crippen molar-refractivity contribution in [1.29, 1.82) is 0 Å². The maximum absolute atomic E-state index is 5.95. The largest absolute Gasteiger partial charge is 0.486 e. The Hall–Kier alpha value is -2.35. The van der Waals surface area contributed by atoms with E-state index in [4.69, 9.17) is 9.26 Å². The number of ether oxygens (including phenoxy) is 1. The van der Waals surface area contributed by atoms with Crippen molar-refractivity contribution in [3.8, 4) is 5.75 Å². The summed E-state index contributed by atoms with van der Waals surface area (Å²) in [6.07, 6.45) is 2.81. The number of nitrogens with zero attached hydrogens (tertiary/aromatic N) is 5. The Kier molecular flexibility index (Phi) is 7.69. The van der Waals surface area contributed by atoms with Gasteiger partial charge in [-0.1, -0.05) is 56.7 Å². The molecule has 0 spiro atoms. The van der Waals surface area contributed by atoms with E-state index in [1.54, 1.807) is 11.8 Å². The first-order valence-corrected chi connectivity index (χ1v) is 11.2. The van der Waals surface area contributed by atoms with Gasteiger partial charge in [-0.15, -0.1) is 10.2 Å². The number of hydrogen-bond acceptors (Lipinski definition) is 7. The van der Waals surface area contributed by atoms with Crippen LogP contribution in [0.1, 0.15) is 57.2 Å². The van der Waals surface area contributed by atoms with E-state index in [0.717, 1.165) is 42.5 Å². The molecule has 0 N–H and O–H groups in total. The van der Waals surface area contributed by atoms with E-state index < -0.39 is 0 Å². The molecule has 0 aliphatic carbocycles. The van der Waals surface area contributed by atoms with Gasteiger partial charge >= 0.3 is 0 Å². The lowest BCUT2D eigenvalue weighted by Gasteiger charge is -2.13. The van der Waals surface area contributed by atoms with Gasteiger partial charge < -0.3 is 13.8 Å². The summed E-state index contributed by atoms with van der Waals surface area (Å²) < 4.78 is 13.3. The molecular weight excluding hydrogens is 386 g/mol. The molecule has 0 saturated heterocycles. The lowest BCUT2D eigenvalue weighted by molar-refractivity contribution is 0.284. The van der Waals surface area contributed by atoms with Gasteiger partial charge in [0.2, 0.25) is 5.89 Å². The predicted molar refractivity (Wildman–Crippen MR) is 113 cm³/mol. The molecule has 0 bridgehead atoms. The first-order valence-electron chi connectivity index (χ1n) is 10.2. The van der Waals surface area contributed by atoms with Crippen LogP contribution in [0, 0.1) is 5.92 Å². The van der Waals surface area contributed by atoms with Gasteiger partial charge in [0.15, 0.2) is 16.8 Å². The Morgan fingerprint density at radius 3 is 2.62 bits per heavy atom. The minimum Gasteiger partial charge on any atom is -0.486 e. The highest BCUT2D eigenvalue weighted by atomic mass is 32.2. The number of benzene rings is 1. The van der Waals surface area contributed by atoms with Crippen molar-refractivity contribution in [2.75, 3.05) is 0 Å². The summed E-state index contributed by atoms with van der Waals surface area (Å²) >= 11 is 1.57. The normalized spacial score (nSPS) is 11.3. The zero-order valence-corrected chi connectivity index (χ0v) is 18.4. The van der Waals surface area contributed by atoms with Gasteiger partial charge in [0.1, 0.15) is 12.4 Å². The quantitative estimate of drug-likeness (QED) is 0.420. The summed E-state index contributed by atoms with van der Waals surface area (Å²) in [5.41, 5.74) is 1.29. The van der Waals surface area contributed by atoms with Crippen LogP contribution < -0.4 is 4.74 Å². The summed E-state index contributed by atoms with van der Waals surface area (Å²) in [4.78, 5) is 4.42. The van der Waals surface area contributed by atoms with Crippen LogP contribution in [0.2, 0.25) is 0 Å². The number of aromatic nitrogens is 5. The maximum Gasteiger partial charge on any atom is 0.226 e. The van der Waals surface area contributed by atoms with E-state index in [0.29, 0.717) is 30.0 Å². The second-order valence-electron chi connectivity index (χ2n) is 7.33. The summed E-state index contributed by atoms with van der Waals surface area (Å²) in [7, 11) is 0. The minimum atomic E-state index is 0.384. The summed E-state index contributed by atoms with van der Waals surface area (Å²) in [6.45, 7) is 9.81.